The maximum Gasteiger partial charge on any atom is 0.313 e. The number of methoxy groups -OCH3 is 1. The van der Waals surface area contributed by atoms with E-state index in [1.54, 1.807) is 18.4 Å². The number of para-hydroxylation sites is 1. The number of thioether (sulfide) groups is 1. The van der Waals surface area contributed by atoms with Gasteiger partial charge in [-0.25, -0.2) is 4.98 Å². The van der Waals surface area contributed by atoms with Crippen LogP contribution < -0.4 is 9.47 Å². The lowest BCUT2D eigenvalue weighted by Crippen LogP contribution is -1.99. The molecule has 0 bridgehead atoms. The molecule has 0 amide bonds. The number of hydrogen-bond donors (Lipinski definition) is 1. The second-order valence-corrected chi connectivity index (χ2v) is 8.34. The first kappa shape index (κ1) is 21.2. The predicted octanol–water partition coefficient (Wildman–Crippen LogP) is 5.80. The molecule has 7 heteroatoms. The van der Waals surface area contributed by atoms with E-state index in [1.165, 1.54) is 11.8 Å². The van der Waals surface area contributed by atoms with Crippen molar-refractivity contribution in [1.82, 2.24) is 4.98 Å². The monoisotopic (exact) mass is 429 g/mol. The van der Waals surface area contributed by atoms with E-state index in [-0.39, 0.29) is 5.75 Å². The highest BCUT2D eigenvalue weighted by Gasteiger charge is 2.13. The van der Waals surface area contributed by atoms with Gasteiger partial charge in [-0.15, -0.1) is 23.1 Å². The number of unbranched alkanes of at least 4 members (excludes halogenated alkanes) is 1. The van der Waals surface area contributed by atoms with Gasteiger partial charge in [-0.2, -0.15) is 0 Å². The topological polar surface area (TPSA) is 68.7 Å². The third kappa shape index (κ3) is 5.74. The van der Waals surface area contributed by atoms with Crippen molar-refractivity contribution in [3.05, 3.63) is 53.0 Å². The summed E-state index contributed by atoms with van der Waals surface area (Å²) < 4.78 is 12.3. The van der Waals surface area contributed by atoms with Gasteiger partial charge in [0.05, 0.1) is 29.7 Å². The molecule has 0 atom stereocenters. The number of hydrogen-bond acceptors (Lipinski definition) is 6. The van der Waals surface area contributed by atoms with Crippen molar-refractivity contribution in [2.45, 2.75) is 19.8 Å². The van der Waals surface area contributed by atoms with Gasteiger partial charge in [0.1, 0.15) is 5.01 Å². The molecule has 0 spiro atoms. The third-order valence-corrected chi connectivity index (χ3v) is 6.31. The van der Waals surface area contributed by atoms with E-state index >= 15 is 0 Å². The molecule has 29 heavy (non-hydrogen) atoms. The largest absolute Gasteiger partial charge is 0.493 e. The van der Waals surface area contributed by atoms with Crippen molar-refractivity contribution < 1.29 is 19.4 Å². The number of ether oxygens (including phenoxy) is 2. The normalized spacial score (nSPS) is 11.6. The van der Waals surface area contributed by atoms with Gasteiger partial charge < -0.3 is 14.6 Å². The van der Waals surface area contributed by atoms with Crippen LogP contribution in [0.5, 0.6) is 11.5 Å². The first-order valence-electron chi connectivity index (χ1n) is 9.33. The number of carbonyl (C=O) groups is 1. The molecule has 0 saturated heterocycles. The summed E-state index contributed by atoms with van der Waals surface area (Å²) in [6.07, 6.45) is 4.00. The number of fused-ring (bicyclic) bond motifs is 1. The maximum absolute atomic E-state index is 11.1. The summed E-state index contributed by atoms with van der Waals surface area (Å²) in [5.41, 5.74) is 1.81. The number of rotatable bonds is 10. The summed E-state index contributed by atoms with van der Waals surface area (Å²) in [5, 5.41) is 9.94. The molecule has 0 aliphatic rings. The summed E-state index contributed by atoms with van der Waals surface area (Å²) in [6, 6.07) is 13.6. The van der Waals surface area contributed by atoms with Gasteiger partial charge in [-0.3, -0.25) is 4.79 Å². The van der Waals surface area contributed by atoms with Gasteiger partial charge in [0.15, 0.2) is 11.5 Å². The highest BCUT2D eigenvalue weighted by Crippen LogP contribution is 2.36. The molecule has 0 aliphatic heterocycles. The average Bonchev–Trinajstić information content (AvgIpc) is 3.16. The Labute approximate surface area is 178 Å². The molecule has 0 fully saturated rings. The van der Waals surface area contributed by atoms with E-state index in [4.69, 9.17) is 14.6 Å². The minimum Gasteiger partial charge on any atom is -0.493 e. The molecule has 0 radical (unpaired) electrons. The highest BCUT2D eigenvalue weighted by atomic mass is 32.2. The molecule has 2 aromatic carbocycles. The number of carboxylic acids is 1. The lowest BCUT2D eigenvalue weighted by atomic mass is 10.2. The van der Waals surface area contributed by atoms with Crippen molar-refractivity contribution in [3.8, 4) is 11.5 Å². The molecule has 3 aromatic rings. The molecule has 5 nitrogen and oxygen atoms in total. The van der Waals surface area contributed by atoms with E-state index < -0.39 is 5.97 Å². The second kappa shape index (κ2) is 10.3. The van der Waals surface area contributed by atoms with Gasteiger partial charge in [-0.05, 0) is 42.3 Å². The molecular weight excluding hydrogens is 406 g/mol. The number of aromatic nitrogens is 1. The first-order chi connectivity index (χ1) is 14.1. The lowest BCUT2D eigenvalue weighted by Gasteiger charge is -2.11. The Morgan fingerprint density at radius 1 is 1.24 bits per heavy atom. The van der Waals surface area contributed by atoms with Gasteiger partial charge in [0.2, 0.25) is 0 Å². The van der Waals surface area contributed by atoms with Crippen LogP contribution in [-0.2, 0) is 4.79 Å². The molecular formula is C22H23NO4S2. The summed E-state index contributed by atoms with van der Waals surface area (Å²) in [7, 11) is 1.61. The molecule has 0 unspecified atom stereocenters. The smallest absolute Gasteiger partial charge is 0.313 e. The number of thiazole rings is 1. The average molecular weight is 430 g/mol. The molecule has 1 heterocycles. The molecule has 1 aromatic heterocycles. The quantitative estimate of drug-likeness (QED) is 0.411. The van der Waals surface area contributed by atoms with Crippen molar-refractivity contribution in [2.75, 3.05) is 19.5 Å². The zero-order valence-electron chi connectivity index (χ0n) is 16.4. The predicted molar refractivity (Wildman–Crippen MR) is 121 cm³/mol. The number of nitrogens with zero attached hydrogens (tertiary/aromatic N) is 1. The summed E-state index contributed by atoms with van der Waals surface area (Å²) in [5.74, 6) is 0.468. The van der Waals surface area contributed by atoms with Crippen LogP contribution in [0, 0.1) is 0 Å². The van der Waals surface area contributed by atoms with Gasteiger partial charge in [-0.1, -0.05) is 31.5 Å². The molecule has 1 N–H and O–H groups in total. The van der Waals surface area contributed by atoms with Crippen LogP contribution in [-0.4, -0.2) is 35.5 Å². The van der Waals surface area contributed by atoms with Gasteiger partial charge in [0, 0.05) is 4.91 Å². The van der Waals surface area contributed by atoms with Crippen molar-refractivity contribution in [3.63, 3.8) is 0 Å². The van der Waals surface area contributed by atoms with E-state index in [9.17, 15) is 4.79 Å². The maximum atomic E-state index is 11.1. The molecule has 0 saturated carbocycles. The fraction of sp³-hybridized carbons (Fsp3) is 0.273. The summed E-state index contributed by atoms with van der Waals surface area (Å²) in [4.78, 5) is 16.6. The molecule has 3 rings (SSSR count). The Morgan fingerprint density at radius 3 is 2.79 bits per heavy atom. The van der Waals surface area contributed by atoms with E-state index in [1.807, 2.05) is 48.5 Å². The summed E-state index contributed by atoms with van der Waals surface area (Å²) in [6.45, 7) is 2.76. The number of benzene rings is 2. The minimum atomic E-state index is -0.862. The van der Waals surface area contributed by atoms with Crippen LogP contribution in [0.2, 0.25) is 0 Å². The summed E-state index contributed by atoms with van der Waals surface area (Å²) >= 11 is 2.82. The second-order valence-electron chi connectivity index (χ2n) is 6.29. The SMILES string of the molecule is CCCCOc1ccc(/C=C(\SCC(=O)O)c2nc3ccccc3s2)cc1OC. The third-order valence-electron chi connectivity index (χ3n) is 4.10. The van der Waals surface area contributed by atoms with E-state index in [0.717, 1.165) is 38.5 Å². The van der Waals surface area contributed by atoms with Crippen LogP contribution in [0.25, 0.3) is 21.2 Å². The van der Waals surface area contributed by atoms with Crippen molar-refractivity contribution in [1.29, 1.82) is 0 Å². The zero-order chi connectivity index (χ0) is 20.6. The van der Waals surface area contributed by atoms with Gasteiger partial charge in [0.25, 0.3) is 0 Å². The van der Waals surface area contributed by atoms with Gasteiger partial charge >= 0.3 is 5.97 Å². The zero-order valence-corrected chi connectivity index (χ0v) is 18.0. The number of carboxylic acid groups (broad SMARTS) is 1. The Hall–Kier alpha value is -2.51. The lowest BCUT2D eigenvalue weighted by molar-refractivity contribution is -0.133. The van der Waals surface area contributed by atoms with E-state index in [2.05, 4.69) is 11.9 Å². The number of aliphatic carboxylic acids is 1. The minimum absolute atomic E-state index is 0.0306. The van der Waals surface area contributed by atoms with Crippen LogP contribution in [0.15, 0.2) is 42.5 Å². The fourth-order valence-electron chi connectivity index (χ4n) is 2.65. The Bertz CT molecular complexity index is 980. The first-order valence-corrected chi connectivity index (χ1v) is 11.1. The Balaban J connectivity index is 1.93. The van der Waals surface area contributed by atoms with Crippen molar-refractivity contribution in [2.24, 2.45) is 0 Å². The van der Waals surface area contributed by atoms with Crippen LogP contribution in [0.3, 0.4) is 0 Å². The standard InChI is InChI=1S/C22H23NO4S2/c1-3-4-11-27-17-10-9-15(12-18(17)26-2)13-20(28-14-21(24)25)22-23-16-7-5-6-8-19(16)29-22/h5-10,12-13H,3-4,11,14H2,1-2H3,(H,24,25)/b20-13-. The molecule has 152 valence electrons. The van der Waals surface area contributed by atoms with Crippen LogP contribution in [0.1, 0.15) is 30.3 Å². The van der Waals surface area contributed by atoms with Crippen LogP contribution >= 0.6 is 23.1 Å². The highest BCUT2D eigenvalue weighted by molar-refractivity contribution is 8.09. The Morgan fingerprint density at radius 2 is 2.07 bits per heavy atom. The van der Waals surface area contributed by atoms with E-state index in [0.29, 0.717) is 18.1 Å². The molecule has 0 aliphatic carbocycles. The van der Waals surface area contributed by atoms with Crippen molar-refractivity contribution >= 4 is 50.3 Å². The van der Waals surface area contributed by atoms with Crippen LogP contribution in [0.4, 0.5) is 0 Å². The Kier molecular flexibility index (Phi) is 7.55. The fourth-order valence-corrected chi connectivity index (χ4v) is 4.50.